The zero-order chi connectivity index (χ0) is 17.6. The monoisotopic (exact) mass is 336 g/mol. The molecule has 0 amide bonds. The summed E-state index contributed by atoms with van der Waals surface area (Å²) in [4.78, 5) is 12.1. The molecule has 1 heterocycles. The topological polar surface area (TPSA) is 39.4 Å². The van der Waals surface area contributed by atoms with E-state index in [9.17, 15) is 9.18 Å². The maximum atomic E-state index is 12.8. The van der Waals surface area contributed by atoms with Crippen LogP contribution in [0.25, 0.3) is 6.08 Å². The van der Waals surface area contributed by atoms with Crippen LogP contribution in [0.5, 0.6) is 5.75 Å². The van der Waals surface area contributed by atoms with Crippen molar-refractivity contribution in [1.29, 1.82) is 0 Å². The molecule has 1 aromatic heterocycles. The summed E-state index contributed by atoms with van der Waals surface area (Å²) in [7, 11) is 0. The van der Waals surface area contributed by atoms with Gasteiger partial charge in [0.05, 0.1) is 0 Å². The summed E-state index contributed by atoms with van der Waals surface area (Å²) in [5.41, 5.74) is 1.68. The molecule has 0 spiro atoms. The number of benzene rings is 2. The molecule has 0 fully saturated rings. The molecule has 0 saturated heterocycles. The largest absolute Gasteiger partial charge is 0.486 e. The Kier molecular flexibility index (Phi) is 5.09. The molecule has 25 heavy (non-hydrogen) atoms. The van der Waals surface area contributed by atoms with Crippen molar-refractivity contribution in [2.24, 2.45) is 0 Å². The van der Waals surface area contributed by atoms with Gasteiger partial charge in [0.1, 0.15) is 29.7 Å². The quantitative estimate of drug-likeness (QED) is 0.459. The van der Waals surface area contributed by atoms with E-state index in [0.29, 0.717) is 22.8 Å². The van der Waals surface area contributed by atoms with Crippen molar-refractivity contribution >= 4 is 11.9 Å². The van der Waals surface area contributed by atoms with E-state index in [2.05, 4.69) is 0 Å². The van der Waals surface area contributed by atoms with Crippen molar-refractivity contribution in [3.63, 3.8) is 0 Å². The number of aryl methyl sites for hydroxylation is 1. The van der Waals surface area contributed by atoms with Crippen molar-refractivity contribution in [2.75, 3.05) is 0 Å². The lowest BCUT2D eigenvalue weighted by atomic mass is 10.1. The van der Waals surface area contributed by atoms with Gasteiger partial charge in [0, 0.05) is 5.56 Å². The predicted molar refractivity (Wildman–Crippen MR) is 94.0 cm³/mol. The maximum Gasteiger partial charge on any atom is 0.185 e. The minimum absolute atomic E-state index is 0.0794. The average Bonchev–Trinajstić information content (AvgIpc) is 3.07. The van der Waals surface area contributed by atoms with Crippen LogP contribution < -0.4 is 4.74 Å². The highest BCUT2D eigenvalue weighted by Crippen LogP contribution is 2.16. The first-order valence-electron chi connectivity index (χ1n) is 7.86. The van der Waals surface area contributed by atoms with E-state index in [4.69, 9.17) is 9.15 Å². The third-order valence-corrected chi connectivity index (χ3v) is 3.58. The number of halogens is 1. The highest BCUT2D eigenvalue weighted by molar-refractivity contribution is 6.06. The summed E-state index contributed by atoms with van der Waals surface area (Å²) in [6.45, 7) is 2.17. The number of carbonyl (C=O) groups excluding carboxylic acids is 1. The molecule has 126 valence electrons. The van der Waals surface area contributed by atoms with Gasteiger partial charge in [-0.1, -0.05) is 23.8 Å². The molecule has 0 aliphatic rings. The number of hydrogen-bond acceptors (Lipinski definition) is 3. The van der Waals surface area contributed by atoms with Crippen LogP contribution in [0.3, 0.4) is 0 Å². The summed E-state index contributed by atoms with van der Waals surface area (Å²) < 4.78 is 24.0. The van der Waals surface area contributed by atoms with Crippen LogP contribution in [0.2, 0.25) is 0 Å². The number of carbonyl (C=O) groups is 1. The van der Waals surface area contributed by atoms with Crippen molar-refractivity contribution in [3.05, 3.63) is 95.2 Å². The number of ether oxygens (including phenoxy) is 1. The van der Waals surface area contributed by atoms with Crippen molar-refractivity contribution in [3.8, 4) is 5.75 Å². The number of allylic oxidation sites excluding steroid dienone is 1. The molecule has 0 radical (unpaired) electrons. The van der Waals surface area contributed by atoms with Crippen LogP contribution in [0.4, 0.5) is 4.39 Å². The van der Waals surface area contributed by atoms with E-state index in [0.717, 1.165) is 5.56 Å². The Labute approximate surface area is 145 Å². The lowest BCUT2D eigenvalue weighted by Crippen LogP contribution is -1.94. The standard InChI is InChI=1S/C21H17FO3/c1-15-3-2-4-16(13-15)21(23)12-11-19-9-10-20(25-19)14-24-18-7-5-17(22)6-8-18/h2-13H,14H2,1H3/b12-11+. The average molecular weight is 336 g/mol. The van der Waals surface area contributed by atoms with Gasteiger partial charge in [-0.2, -0.15) is 0 Å². The molecule has 3 aromatic rings. The van der Waals surface area contributed by atoms with E-state index < -0.39 is 0 Å². The molecule has 3 rings (SSSR count). The van der Waals surface area contributed by atoms with E-state index in [1.54, 1.807) is 36.4 Å². The molecule has 3 nitrogen and oxygen atoms in total. The molecule has 0 aliphatic carbocycles. The number of rotatable bonds is 6. The fourth-order valence-electron chi connectivity index (χ4n) is 2.30. The third kappa shape index (κ3) is 4.67. The second-order valence-corrected chi connectivity index (χ2v) is 5.61. The summed E-state index contributed by atoms with van der Waals surface area (Å²) in [6, 6.07) is 16.8. The Balaban J connectivity index is 1.59. The van der Waals surface area contributed by atoms with E-state index >= 15 is 0 Å². The maximum absolute atomic E-state index is 12.8. The Morgan fingerprint density at radius 3 is 2.68 bits per heavy atom. The molecule has 4 heteroatoms. The molecule has 0 bridgehead atoms. The van der Waals surface area contributed by atoms with Crippen LogP contribution in [0, 0.1) is 12.7 Å². The number of furan rings is 1. The van der Waals surface area contributed by atoms with E-state index in [1.807, 2.05) is 25.1 Å². The Hall–Kier alpha value is -3.14. The van der Waals surface area contributed by atoms with Crippen molar-refractivity contribution in [1.82, 2.24) is 0 Å². The van der Waals surface area contributed by atoms with Gasteiger partial charge >= 0.3 is 0 Å². The zero-order valence-corrected chi connectivity index (χ0v) is 13.7. The van der Waals surface area contributed by atoms with Crippen LogP contribution in [-0.4, -0.2) is 5.78 Å². The lowest BCUT2D eigenvalue weighted by Gasteiger charge is -2.03. The van der Waals surface area contributed by atoms with Gasteiger partial charge in [-0.15, -0.1) is 0 Å². The van der Waals surface area contributed by atoms with E-state index in [1.165, 1.54) is 18.2 Å². The summed E-state index contributed by atoms with van der Waals surface area (Å²) in [5.74, 6) is 1.36. The normalized spacial score (nSPS) is 11.0. The highest BCUT2D eigenvalue weighted by Gasteiger charge is 2.04. The van der Waals surface area contributed by atoms with Gasteiger partial charge in [-0.25, -0.2) is 4.39 Å². The smallest absolute Gasteiger partial charge is 0.185 e. The Morgan fingerprint density at radius 1 is 1.12 bits per heavy atom. The number of hydrogen-bond donors (Lipinski definition) is 0. The number of ketones is 1. The summed E-state index contributed by atoms with van der Waals surface area (Å²) >= 11 is 0. The first-order valence-corrected chi connectivity index (χ1v) is 7.86. The zero-order valence-electron chi connectivity index (χ0n) is 13.7. The SMILES string of the molecule is Cc1cccc(C(=O)/C=C/c2ccc(COc3ccc(F)cc3)o2)c1. The Bertz CT molecular complexity index is 892. The molecule has 0 unspecified atom stereocenters. The lowest BCUT2D eigenvalue weighted by molar-refractivity contribution is 0.104. The molecule has 0 atom stereocenters. The summed E-state index contributed by atoms with van der Waals surface area (Å²) in [5, 5.41) is 0. The molecule has 2 aromatic carbocycles. The summed E-state index contributed by atoms with van der Waals surface area (Å²) in [6.07, 6.45) is 3.12. The fraction of sp³-hybridized carbons (Fsp3) is 0.0952. The minimum Gasteiger partial charge on any atom is -0.486 e. The second-order valence-electron chi connectivity index (χ2n) is 5.61. The predicted octanol–water partition coefficient (Wildman–Crippen LogP) is 5.20. The van der Waals surface area contributed by atoms with Gasteiger partial charge in [0.15, 0.2) is 5.78 Å². The van der Waals surface area contributed by atoms with Crippen LogP contribution >= 0.6 is 0 Å². The van der Waals surface area contributed by atoms with Gasteiger partial charge in [0.2, 0.25) is 0 Å². The van der Waals surface area contributed by atoms with Crippen molar-refractivity contribution < 1.29 is 18.3 Å². The van der Waals surface area contributed by atoms with E-state index in [-0.39, 0.29) is 18.2 Å². The van der Waals surface area contributed by atoms with Crippen LogP contribution in [-0.2, 0) is 6.61 Å². The molecule has 0 saturated carbocycles. The second kappa shape index (κ2) is 7.62. The van der Waals surface area contributed by atoms with Crippen molar-refractivity contribution in [2.45, 2.75) is 13.5 Å². The molecular formula is C21H17FO3. The van der Waals surface area contributed by atoms with Gasteiger partial charge in [-0.3, -0.25) is 4.79 Å². The van der Waals surface area contributed by atoms with Gasteiger partial charge in [-0.05, 0) is 61.5 Å². The van der Waals surface area contributed by atoms with Gasteiger partial charge in [0.25, 0.3) is 0 Å². The first kappa shape index (κ1) is 16.7. The molecule has 0 N–H and O–H groups in total. The third-order valence-electron chi connectivity index (χ3n) is 3.58. The fourth-order valence-corrected chi connectivity index (χ4v) is 2.30. The molecule has 0 aliphatic heterocycles. The van der Waals surface area contributed by atoms with Crippen LogP contribution in [0.1, 0.15) is 27.4 Å². The first-order chi connectivity index (χ1) is 12.1. The molecular weight excluding hydrogens is 319 g/mol. The van der Waals surface area contributed by atoms with Gasteiger partial charge < -0.3 is 9.15 Å². The van der Waals surface area contributed by atoms with Crippen LogP contribution in [0.15, 0.2) is 71.2 Å². The Morgan fingerprint density at radius 2 is 1.92 bits per heavy atom. The minimum atomic E-state index is -0.309. The highest BCUT2D eigenvalue weighted by atomic mass is 19.1.